The Morgan fingerprint density at radius 1 is 1.50 bits per heavy atom. The molecule has 0 aromatic carbocycles. The van der Waals surface area contributed by atoms with Crippen LogP contribution in [0.4, 0.5) is 0 Å². The lowest BCUT2D eigenvalue weighted by Crippen LogP contribution is -2.42. The molecule has 0 aromatic heterocycles. The van der Waals surface area contributed by atoms with Gasteiger partial charge >= 0.3 is 0 Å². The second kappa shape index (κ2) is 1.47. The highest BCUT2D eigenvalue weighted by atomic mass is 15.0. The normalized spacial score (nSPS) is 39.4. The zero-order valence-electron chi connectivity index (χ0n) is 5.28. The van der Waals surface area contributed by atoms with Crippen molar-refractivity contribution in [2.24, 2.45) is 11.8 Å². The van der Waals surface area contributed by atoms with Gasteiger partial charge in [-0.2, -0.15) is 0 Å². The molecule has 0 amide bonds. The first kappa shape index (κ1) is 4.80. The fourth-order valence-electron chi connectivity index (χ4n) is 1.41. The SMILES string of the molecule is CC1C[C]1C1CNC1. The second-order valence-electron chi connectivity index (χ2n) is 3.04. The monoisotopic (exact) mass is 110 g/mol. The minimum absolute atomic E-state index is 0.974. The van der Waals surface area contributed by atoms with Crippen molar-refractivity contribution in [3.63, 3.8) is 0 Å². The molecule has 2 aliphatic rings. The summed E-state index contributed by atoms with van der Waals surface area (Å²) in [6.07, 6.45) is 1.42. The van der Waals surface area contributed by atoms with E-state index in [0.29, 0.717) is 0 Å². The minimum Gasteiger partial charge on any atom is -0.316 e. The van der Waals surface area contributed by atoms with Crippen LogP contribution in [0.25, 0.3) is 0 Å². The summed E-state index contributed by atoms with van der Waals surface area (Å²) in [5.41, 5.74) is 0. The Bertz CT molecular complexity index is 93.8. The Kier molecular flexibility index (Phi) is 0.884. The first-order valence-corrected chi connectivity index (χ1v) is 3.44. The van der Waals surface area contributed by atoms with E-state index in [0.717, 1.165) is 11.8 Å². The molecule has 1 radical (unpaired) electrons. The van der Waals surface area contributed by atoms with Crippen LogP contribution in [0.2, 0.25) is 0 Å². The van der Waals surface area contributed by atoms with Crippen molar-refractivity contribution in [2.75, 3.05) is 13.1 Å². The molecule has 0 spiro atoms. The Labute approximate surface area is 50.5 Å². The van der Waals surface area contributed by atoms with Crippen LogP contribution in [0.5, 0.6) is 0 Å². The van der Waals surface area contributed by atoms with Crippen LogP contribution in [-0.4, -0.2) is 13.1 Å². The smallest absolute Gasteiger partial charge is 0.000260 e. The van der Waals surface area contributed by atoms with Gasteiger partial charge in [-0.15, -0.1) is 0 Å². The molecule has 1 atom stereocenters. The highest BCUT2D eigenvalue weighted by Gasteiger charge is 2.42. The number of nitrogens with one attached hydrogen (secondary N) is 1. The predicted octanol–water partition coefficient (Wildman–Crippen LogP) is 0.820. The van der Waals surface area contributed by atoms with E-state index >= 15 is 0 Å². The van der Waals surface area contributed by atoms with E-state index in [1.165, 1.54) is 19.5 Å². The molecule has 1 saturated carbocycles. The summed E-state index contributed by atoms with van der Waals surface area (Å²) in [7, 11) is 0. The van der Waals surface area contributed by atoms with Crippen molar-refractivity contribution in [1.82, 2.24) is 5.32 Å². The van der Waals surface area contributed by atoms with Crippen molar-refractivity contribution < 1.29 is 0 Å². The molecule has 1 heteroatoms. The summed E-state index contributed by atoms with van der Waals surface area (Å²) in [5, 5.41) is 3.28. The zero-order valence-corrected chi connectivity index (χ0v) is 5.28. The van der Waals surface area contributed by atoms with E-state index in [2.05, 4.69) is 12.2 Å². The molecule has 1 aliphatic heterocycles. The van der Waals surface area contributed by atoms with Gasteiger partial charge < -0.3 is 5.32 Å². The first-order valence-electron chi connectivity index (χ1n) is 3.44. The largest absolute Gasteiger partial charge is 0.316 e. The molecule has 1 nitrogen and oxygen atoms in total. The summed E-state index contributed by atoms with van der Waals surface area (Å²) >= 11 is 0. The average Bonchev–Trinajstić information content (AvgIpc) is 2.13. The van der Waals surface area contributed by atoms with Gasteiger partial charge in [0.2, 0.25) is 0 Å². The molecule has 1 heterocycles. The molecule has 1 unspecified atom stereocenters. The standard InChI is InChI=1S/C7H12N/c1-5-2-7(5)6-3-8-4-6/h5-6,8H,2-4H2,1H3. The summed E-state index contributed by atoms with van der Waals surface area (Å²) in [5.74, 6) is 3.77. The van der Waals surface area contributed by atoms with E-state index in [-0.39, 0.29) is 0 Å². The quantitative estimate of drug-likeness (QED) is 0.527. The second-order valence-corrected chi connectivity index (χ2v) is 3.04. The summed E-state index contributed by atoms with van der Waals surface area (Å²) < 4.78 is 0. The number of rotatable bonds is 1. The molecule has 45 valence electrons. The topological polar surface area (TPSA) is 12.0 Å². The van der Waals surface area contributed by atoms with Crippen LogP contribution >= 0.6 is 0 Å². The van der Waals surface area contributed by atoms with Crippen LogP contribution in [0, 0.1) is 17.8 Å². The highest BCUT2D eigenvalue weighted by molar-refractivity contribution is 5.18. The third kappa shape index (κ3) is 0.576. The number of hydrogen-bond acceptors (Lipinski definition) is 1. The summed E-state index contributed by atoms with van der Waals surface area (Å²) in [6, 6.07) is 0. The van der Waals surface area contributed by atoms with Crippen molar-refractivity contribution >= 4 is 0 Å². The molecule has 2 rings (SSSR count). The Morgan fingerprint density at radius 3 is 2.25 bits per heavy atom. The van der Waals surface area contributed by atoms with Crippen LogP contribution in [0.1, 0.15) is 13.3 Å². The number of hydrogen-bond donors (Lipinski definition) is 1. The van der Waals surface area contributed by atoms with Gasteiger partial charge in [0, 0.05) is 0 Å². The van der Waals surface area contributed by atoms with E-state index in [1.807, 2.05) is 5.92 Å². The summed E-state index contributed by atoms with van der Waals surface area (Å²) in [6.45, 7) is 4.85. The maximum Gasteiger partial charge on any atom is -0.000260 e. The van der Waals surface area contributed by atoms with Crippen molar-refractivity contribution in [3.8, 4) is 0 Å². The van der Waals surface area contributed by atoms with E-state index in [1.54, 1.807) is 0 Å². The molecule has 1 N–H and O–H groups in total. The summed E-state index contributed by atoms with van der Waals surface area (Å²) in [4.78, 5) is 0. The van der Waals surface area contributed by atoms with Crippen LogP contribution in [0.3, 0.4) is 0 Å². The average molecular weight is 110 g/mol. The van der Waals surface area contributed by atoms with E-state index in [9.17, 15) is 0 Å². The van der Waals surface area contributed by atoms with E-state index < -0.39 is 0 Å². The van der Waals surface area contributed by atoms with Crippen molar-refractivity contribution in [2.45, 2.75) is 13.3 Å². The van der Waals surface area contributed by atoms with Gasteiger partial charge in [-0.1, -0.05) is 6.92 Å². The van der Waals surface area contributed by atoms with Gasteiger partial charge in [-0.25, -0.2) is 0 Å². The molecular weight excluding hydrogens is 98.1 g/mol. The Balaban J connectivity index is 1.82. The molecule has 1 aliphatic carbocycles. The van der Waals surface area contributed by atoms with Crippen LogP contribution in [-0.2, 0) is 0 Å². The van der Waals surface area contributed by atoms with Gasteiger partial charge in [-0.3, -0.25) is 0 Å². The van der Waals surface area contributed by atoms with E-state index in [4.69, 9.17) is 0 Å². The maximum absolute atomic E-state index is 3.28. The molecule has 1 saturated heterocycles. The fourth-order valence-corrected chi connectivity index (χ4v) is 1.41. The van der Waals surface area contributed by atoms with Gasteiger partial charge in [0.05, 0.1) is 0 Å². The molecule has 8 heavy (non-hydrogen) atoms. The third-order valence-electron chi connectivity index (χ3n) is 2.32. The lowest BCUT2D eigenvalue weighted by atomic mass is 9.96. The maximum atomic E-state index is 3.28. The molecule has 0 aromatic rings. The molecule has 0 bridgehead atoms. The lowest BCUT2D eigenvalue weighted by Gasteiger charge is -2.26. The van der Waals surface area contributed by atoms with Crippen LogP contribution < -0.4 is 5.32 Å². The van der Waals surface area contributed by atoms with Crippen LogP contribution in [0.15, 0.2) is 0 Å². The van der Waals surface area contributed by atoms with Crippen molar-refractivity contribution in [3.05, 3.63) is 5.92 Å². The fraction of sp³-hybridized carbons (Fsp3) is 0.857. The Morgan fingerprint density at radius 2 is 2.12 bits per heavy atom. The van der Waals surface area contributed by atoms with Gasteiger partial charge in [-0.05, 0) is 37.3 Å². The van der Waals surface area contributed by atoms with Gasteiger partial charge in [0.25, 0.3) is 0 Å². The Hall–Kier alpha value is -0.0400. The third-order valence-corrected chi connectivity index (χ3v) is 2.32. The highest BCUT2D eigenvalue weighted by Crippen LogP contribution is 2.47. The first-order chi connectivity index (χ1) is 3.88. The van der Waals surface area contributed by atoms with Crippen molar-refractivity contribution in [1.29, 1.82) is 0 Å². The minimum atomic E-state index is 0.974. The predicted molar refractivity (Wildman–Crippen MR) is 33.4 cm³/mol. The molecule has 2 fully saturated rings. The molecular formula is C7H12N. The zero-order chi connectivity index (χ0) is 5.56. The lowest BCUT2D eigenvalue weighted by molar-refractivity contribution is 0.380. The van der Waals surface area contributed by atoms with Gasteiger partial charge in [0.1, 0.15) is 0 Å². The van der Waals surface area contributed by atoms with Gasteiger partial charge in [0.15, 0.2) is 0 Å².